The summed E-state index contributed by atoms with van der Waals surface area (Å²) in [4.78, 5) is 4.52. The lowest BCUT2D eigenvalue weighted by molar-refractivity contribution is 0.575. The van der Waals surface area contributed by atoms with Crippen molar-refractivity contribution in [1.82, 2.24) is 4.98 Å². The van der Waals surface area contributed by atoms with Gasteiger partial charge in [-0.05, 0) is 49.7 Å². The smallest absolute Gasteiger partial charge is 0.233 e. The lowest BCUT2D eigenvalue weighted by Crippen LogP contribution is -2.08. The maximum atomic E-state index is 13.1. The number of aromatic nitrogens is 1. The second-order valence-corrected chi connectivity index (χ2v) is 9.04. The van der Waals surface area contributed by atoms with Crippen LogP contribution in [0.4, 0.5) is 5.88 Å². The second kappa shape index (κ2) is 8.27. The molecule has 1 aromatic heterocycles. The van der Waals surface area contributed by atoms with Crippen molar-refractivity contribution in [3.05, 3.63) is 58.6 Å². The van der Waals surface area contributed by atoms with Gasteiger partial charge in [-0.15, -0.1) is 0 Å². The van der Waals surface area contributed by atoms with Crippen molar-refractivity contribution in [3.8, 4) is 11.5 Å². The first-order valence-corrected chi connectivity index (χ1v) is 11.0. The minimum Gasteiger partial charge on any atom is -0.419 e. The fourth-order valence-electron chi connectivity index (χ4n) is 2.52. The van der Waals surface area contributed by atoms with E-state index in [1.54, 1.807) is 24.3 Å². The first kappa shape index (κ1) is 19.6. The average Bonchev–Trinajstić information content (AvgIpc) is 3.08. The van der Waals surface area contributed by atoms with E-state index in [2.05, 4.69) is 33.2 Å². The van der Waals surface area contributed by atoms with Crippen molar-refractivity contribution in [1.29, 1.82) is 0 Å². The molecule has 0 bridgehead atoms. The molecule has 0 aliphatic carbocycles. The Labute approximate surface area is 167 Å². The zero-order valence-corrected chi connectivity index (χ0v) is 17.6. The average molecular weight is 449 g/mol. The summed E-state index contributed by atoms with van der Waals surface area (Å²) in [7, 11) is -3.80. The normalized spacial score (nSPS) is 11.5. The Hall–Kier alpha value is -2.12. The highest BCUT2D eigenvalue weighted by Gasteiger charge is 2.28. The molecule has 0 aliphatic rings. The van der Waals surface area contributed by atoms with Gasteiger partial charge in [-0.2, -0.15) is 4.98 Å². The molecule has 142 valence electrons. The summed E-state index contributed by atoms with van der Waals surface area (Å²) < 4.78 is 33.0. The van der Waals surface area contributed by atoms with Gasteiger partial charge in [0.1, 0.15) is 0 Å². The summed E-state index contributed by atoms with van der Waals surface area (Å²) in [6.45, 7) is 4.59. The van der Waals surface area contributed by atoms with Crippen molar-refractivity contribution in [2.75, 3.05) is 11.9 Å². The Balaban J connectivity index is 2.06. The van der Waals surface area contributed by atoms with E-state index in [9.17, 15) is 8.42 Å². The van der Waals surface area contributed by atoms with Gasteiger partial charge in [-0.3, -0.25) is 0 Å². The monoisotopic (exact) mass is 448 g/mol. The van der Waals surface area contributed by atoms with Crippen molar-refractivity contribution in [2.24, 2.45) is 0 Å². The van der Waals surface area contributed by atoms with Gasteiger partial charge in [0.2, 0.25) is 26.6 Å². The van der Waals surface area contributed by atoms with E-state index < -0.39 is 9.84 Å². The molecule has 5 nitrogen and oxygen atoms in total. The number of aryl methyl sites for hydroxylation is 1. The standard InChI is InChI=1S/C20H21BrN2O3S/c1-3-4-13-22-19-20(27(24,25)17-11-5-14(2)6-12-17)23-18(26-19)15-7-9-16(21)10-8-15/h5-12,22H,3-4,13H2,1-2H3. The molecule has 3 rings (SSSR count). The van der Waals surface area contributed by atoms with E-state index >= 15 is 0 Å². The van der Waals surface area contributed by atoms with E-state index in [0.717, 1.165) is 22.9 Å². The Morgan fingerprint density at radius 1 is 1.07 bits per heavy atom. The minimum absolute atomic E-state index is 0.0830. The largest absolute Gasteiger partial charge is 0.419 e. The molecule has 0 saturated carbocycles. The molecule has 0 amide bonds. The van der Waals surface area contributed by atoms with Gasteiger partial charge in [0.15, 0.2) is 0 Å². The topological polar surface area (TPSA) is 72.2 Å². The van der Waals surface area contributed by atoms with Gasteiger partial charge in [0, 0.05) is 16.6 Å². The number of rotatable bonds is 7. The van der Waals surface area contributed by atoms with E-state index in [1.807, 2.05) is 31.2 Å². The lowest BCUT2D eigenvalue weighted by atomic mass is 10.2. The number of sulfone groups is 1. The molecule has 0 saturated heterocycles. The molecule has 0 aliphatic heterocycles. The SMILES string of the molecule is CCCCNc1oc(-c2ccc(Br)cc2)nc1S(=O)(=O)c1ccc(C)cc1. The van der Waals surface area contributed by atoms with E-state index in [0.29, 0.717) is 12.1 Å². The molecule has 0 atom stereocenters. The van der Waals surface area contributed by atoms with Crippen molar-refractivity contribution in [3.63, 3.8) is 0 Å². The number of hydrogen-bond donors (Lipinski definition) is 1. The molecular weight excluding hydrogens is 428 g/mol. The third-order valence-corrected chi connectivity index (χ3v) is 6.30. The third kappa shape index (κ3) is 4.42. The maximum absolute atomic E-state index is 13.1. The minimum atomic E-state index is -3.80. The molecule has 1 N–H and O–H groups in total. The predicted molar refractivity (Wildman–Crippen MR) is 110 cm³/mol. The Bertz CT molecular complexity index is 1010. The molecule has 3 aromatic rings. The fraction of sp³-hybridized carbons (Fsp3) is 0.250. The number of hydrogen-bond acceptors (Lipinski definition) is 5. The molecular formula is C20H21BrN2O3S. The van der Waals surface area contributed by atoms with Crippen LogP contribution in [0.5, 0.6) is 0 Å². The van der Waals surface area contributed by atoms with Crippen LogP contribution in [0.3, 0.4) is 0 Å². The van der Waals surface area contributed by atoms with Gasteiger partial charge in [0.05, 0.1) is 4.90 Å². The predicted octanol–water partition coefficient (Wildman–Crippen LogP) is 5.46. The maximum Gasteiger partial charge on any atom is 0.233 e. The molecule has 0 radical (unpaired) electrons. The van der Waals surface area contributed by atoms with Gasteiger partial charge < -0.3 is 9.73 Å². The van der Waals surface area contributed by atoms with Crippen LogP contribution in [-0.2, 0) is 9.84 Å². The first-order chi connectivity index (χ1) is 12.9. The highest BCUT2D eigenvalue weighted by Crippen LogP contribution is 2.32. The van der Waals surface area contributed by atoms with Crippen molar-refractivity contribution >= 4 is 31.7 Å². The molecule has 7 heteroatoms. The summed E-state index contributed by atoms with van der Waals surface area (Å²) in [5, 5.41) is 3.00. The van der Waals surface area contributed by atoms with E-state index in [4.69, 9.17) is 4.42 Å². The summed E-state index contributed by atoms with van der Waals surface area (Å²) >= 11 is 3.39. The Morgan fingerprint density at radius 2 is 1.74 bits per heavy atom. The first-order valence-electron chi connectivity index (χ1n) is 8.74. The highest BCUT2D eigenvalue weighted by atomic mass is 79.9. The lowest BCUT2D eigenvalue weighted by Gasteiger charge is -2.05. The molecule has 0 fully saturated rings. The number of halogens is 1. The highest BCUT2D eigenvalue weighted by molar-refractivity contribution is 9.10. The zero-order valence-electron chi connectivity index (χ0n) is 15.2. The van der Waals surface area contributed by atoms with Crippen LogP contribution in [0.25, 0.3) is 11.5 Å². The zero-order chi connectivity index (χ0) is 19.4. The molecule has 0 spiro atoms. The van der Waals surface area contributed by atoms with Gasteiger partial charge in [0.25, 0.3) is 0 Å². The number of unbranched alkanes of at least 4 members (excludes halogenated alkanes) is 1. The molecule has 0 unspecified atom stereocenters. The van der Waals surface area contributed by atoms with Gasteiger partial charge >= 0.3 is 0 Å². The molecule has 1 heterocycles. The fourth-order valence-corrected chi connectivity index (χ4v) is 4.07. The van der Waals surface area contributed by atoms with Crippen LogP contribution >= 0.6 is 15.9 Å². The third-order valence-electron chi connectivity index (χ3n) is 4.09. The van der Waals surface area contributed by atoms with Crippen LogP contribution in [0, 0.1) is 6.92 Å². The van der Waals surface area contributed by atoms with Crippen LogP contribution < -0.4 is 5.32 Å². The van der Waals surface area contributed by atoms with Crippen LogP contribution in [0.15, 0.2) is 67.3 Å². The van der Waals surface area contributed by atoms with Crippen LogP contribution in [0.1, 0.15) is 25.3 Å². The van der Waals surface area contributed by atoms with Crippen molar-refractivity contribution < 1.29 is 12.8 Å². The number of nitrogens with zero attached hydrogens (tertiary/aromatic N) is 1. The van der Waals surface area contributed by atoms with Gasteiger partial charge in [-0.1, -0.05) is 47.0 Å². The number of anilines is 1. The Kier molecular flexibility index (Phi) is 6.01. The summed E-state index contributed by atoms with van der Waals surface area (Å²) in [5.74, 6) is 0.453. The summed E-state index contributed by atoms with van der Waals surface area (Å²) in [6.07, 6.45) is 1.89. The number of nitrogens with one attached hydrogen (secondary N) is 1. The quantitative estimate of drug-likeness (QED) is 0.485. The van der Waals surface area contributed by atoms with E-state index in [-0.39, 0.29) is 21.7 Å². The number of oxazole rings is 1. The molecule has 27 heavy (non-hydrogen) atoms. The Morgan fingerprint density at radius 3 is 2.37 bits per heavy atom. The second-order valence-electron chi connectivity index (χ2n) is 6.26. The van der Waals surface area contributed by atoms with Crippen LogP contribution in [0.2, 0.25) is 0 Å². The van der Waals surface area contributed by atoms with E-state index in [1.165, 1.54) is 0 Å². The summed E-state index contributed by atoms with van der Waals surface area (Å²) in [5.41, 5.74) is 1.70. The summed E-state index contributed by atoms with van der Waals surface area (Å²) in [6, 6.07) is 14.1. The van der Waals surface area contributed by atoms with Crippen molar-refractivity contribution in [2.45, 2.75) is 36.6 Å². The van der Waals surface area contributed by atoms with Crippen LogP contribution in [-0.4, -0.2) is 19.9 Å². The number of benzene rings is 2. The molecule has 2 aromatic carbocycles. The van der Waals surface area contributed by atoms with Gasteiger partial charge in [-0.25, -0.2) is 8.42 Å².